The third-order valence-corrected chi connectivity index (χ3v) is 10.9. The fourth-order valence-corrected chi connectivity index (χ4v) is 8.21. The number of nitrogens with two attached hydrogens (primary N) is 1. The number of aliphatic hydroxyl groups excluding tert-OH is 1. The molecule has 0 spiro atoms. The van der Waals surface area contributed by atoms with Crippen LogP contribution in [0.15, 0.2) is 0 Å². The first kappa shape index (κ1) is 31.9. The summed E-state index contributed by atoms with van der Waals surface area (Å²) in [6.07, 6.45) is 8.13. The lowest BCUT2D eigenvalue weighted by Crippen LogP contribution is -2.63. The molecule has 3 saturated carbocycles. The molecule has 4 rings (SSSR count). The van der Waals surface area contributed by atoms with Crippen molar-refractivity contribution in [3.05, 3.63) is 0 Å². The van der Waals surface area contributed by atoms with E-state index in [4.69, 9.17) is 5.73 Å². The van der Waals surface area contributed by atoms with E-state index in [9.17, 15) is 24.3 Å². The van der Waals surface area contributed by atoms with Crippen LogP contribution in [0.25, 0.3) is 0 Å². The highest BCUT2D eigenvalue weighted by molar-refractivity contribution is 7.98. The lowest BCUT2D eigenvalue weighted by atomic mass is 9.83. The molecule has 4 aliphatic rings. The van der Waals surface area contributed by atoms with Crippen molar-refractivity contribution in [3.8, 4) is 0 Å². The van der Waals surface area contributed by atoms with Crippen LogP contribution in [0, 0.1) is 28.6 Å². The van der Waals surface area contributed by atoms with Gasteiger partial charge in [-0.05, 0) is 54.1 Å². The maximum absolute atomic E-state index is 14.2. The van der Waals surface area contributed by atoms with E-state index >= 15 is 0 Å². The summed E-state index contributed by atoms with van der Waals surface area (Å²) >= 11 is 1.72. The van der Waals surface area contributed by atoms with Crippen molar-refractivity contribution in [2.45, 2.75) is 116 Å². The Morgan fingerprint density at radius 2 is 1.71 bits per heavy atom. The standard InChI is InChI=1S/C30H51N5O5S/c1-28(2,3)23(33-27(40)34-30(16-41-6)12-8-7-9-13-30)26(39)35-15-18-20(29(18,4)5)21(35)25(38)32-19(14-17-10-11-17)22(36)24(31)37/h17-23,36H,7-16H2,1-6H3,(H2,31,37)(H,32,38)(H2,33,34,40)/t18?,19?,20?,21-,22?,23+/m0/s1. The van der Waals surface area contributed by atoms with Gasteiger partial charge in [-0.25, -0.2) is 4.79 Å². The summed E-state index contributed by atoms with van der Waals surface area (Å²) in [4.78, 5) is 54.9. The monoisotopic (exact) mass is 593 g/mol. The number of urea groups is 1. The number of aliphatic hydroxyl groups is 1. The topological polar surface area (TPSA) is 154 Å². The van der Waals surface area contributed by atoms with Crippen LogP contribution in [0.1, 0.15) is 86.0 Å². The van der Waals surface area contributed by atoms with Crippen molar-refractivity contribution in [2.75, 3.05) is 18.6 Å². The van der Waals surface area contributed by atoms with Gasteiger partial charge >= 0.3 is 6.03 Å². The van der Waals surface area contributed by atoms with E-state index in [-0.39, 0.29) is 40.6 Å². The van der Waals surface area contributed by atoms with Crippen molar-refractivity contribution in [3.63, 3.8) is 0 Å². The van der Waals surface area contributed by atoms with Crippen molar-refractivity contribution in [2.24, 2.45) is 34.3 Å². The Balaban J connectivity index is 1.52. The summed E-state index contributed by atoms with van der Waals surface area (Å²) in [5, 5.41) is 19.6. The summed E-state index contributed by atoms with van der Waals surface area (Å²) in [5.41, 5.74) is 4.39. The largest absolute Gasteiger partial charge is 0.381 e. The number of carbonyl (C=O) groups excluding carboxylic acids is 4. The van der Waals surface area contributed by atoms with Crippen LogP contribution in [-0.4, -0.2) is 82.1 Å². The molecule has 6 atom stereocenters. The number of carbonyl (C=O) groups is 4. The highest BCUT2D eigenvalue weighted by Gasteiger charge is 2.70. The quantitative estimate of drug-likeness (QED) is 0.248. The smallest absolute Gasteiger partial charge is 0.315 e. The second kappa shape index (κ2) is 11.9. The zero-order chi connectivity index (χ0) is 30.3. The molecule has 5 amide bonds. The molecule has 41 heavy (non-hydrogen) atoms. The lowest BCUT2D eigenvalue weighted by Gasteiger charge is -2.40. The number of rotatable bonds is 11. The minimum atomic E-state index is -1.49. The maximum Gasteiger partial charge on any atom is 0.315 e. The van der Waals surface area contributed by atoms with Gasteiger partial charge < -0.3 is 31.7 Å². The predicted molar refractivity (Wildman–Crippen MR) is 160 cm³/mol. The van der Waals surface area contributed by atoms with Crippen molar-refractivity contribution < 1.29 is 24.3 Å². The molecule has 10 nitrogen and oxygen atoms in total. The highest BCUT2D eigenvalue weighted by Crippen LogP contribution is 2.65. The van der Waals surface area contributed by atoms with Crippen molar-refractivity contribution >= 4 is 35.5 Å². The third kappa shape index (κ3) is 6.98. The van der Waals surface area contributed by atoms with Crippen LogP contribution in [-0.2, 0) is 14.4 Å². The molecule has 0 aromatic rings. The fourth-order valence-electron chi connectivity index (χ4n) is 7.29. The van der Waals surface area contributed by atoms with Gasteiger partial charge in [-0.2, -0.15) is 11.8 Å². The van der Waals surface area contributed by atoms with Crippen LogP contribution in [0.3, 0.4) is 0 Å². The van der Waals surface area contributed by atoms with E-state index in [1.807, 2.05) is 27.0 Å². The first-order valence-corrected chi connectivity index (χ1v) is 16.7. The summed E-state index contributed by atoms with van der Waals surface area (Å²) in [5.74, 6) is -0.256. The number of amides is 5. The average molecular weight is 594 g/mol. The molecule has 0 bridgehead atoms. The SMILES string of the molecule is CSCC1(NC(=O)N[C@H](C(=O)N2CC3C([C@H]2C(=O)NC(CC2CC2)C(O)C(N)=O)C3(C)C)C(C)(C)C)CCCCC1. The number of piperidine rings is 1. The molecule has 11 heteroatoms. The lowest BCUT2D eigenvalue weighted by molar-refractivity contribution is -0.144. The van der Waals surface area contributed by atoms with Crippen LogP contribution < -0.4 is 21.7 Å². The Morgan fingerprint density at radius 3 is 2.24 bits per heavy atom. The van der Waals surface area contributed by atoms with Crippen LogP contribution >= 0.6 is 11.8 Å². The zero-order valence-electron chi connectivity index (χ0n) is 25.6. The van der Waals surface area contributed by atoms with Crippen LogP contribution in [0.5, 0.6) is 0 Å². The molecule has 4 unspecified atom stereocenters. The molecule has 4 fully saturated rings. The summed E-state index contributed by atoms with van der Waals surface area (Å²) < 4.78 is 0. The second-order valence-electron chi connectivity index (χ2n) is 14.7. The van der Waals surface area contributed by atoms with Gasteiger partial charge in [0.05, 0.1) is 11.6 Å². The van der Waals surface area contributed by atoms with Crippen molar-refractivity contribution in [1.29, 1.82) is 0 Å². The van der Waals surface area contributed by atoms with Gasteiger partial charge in [0, 0.05) is 12.3 Å². The van der Waals surface area contributed by atoms with E-state index in [0.717, 1.165) is 50.7 Å². The van der Waals surface area contributed by atoms with E-state index in [2.05, 4.69) is 29.8 Å². The molecule has 232 valence electrons. The first-order chi connectivity index (χ1) is 19.1. The van der Waals surface area contributed by atoms with Gasteiger partial charge in [-0.3, -0.25) is 14.4 Å². The van der Waals surface area contributed by atoms with E-state index in [1.165, 1.54) is 0 Å². The van der Waals surface area contributed by atoms with E-state index in [1.54, 1.807) is 16.7 Å². The highest BCUT2D eigenvalue weighted by atomic mass is 32.2. The molecule has 0 radical (unpaired) electrons. The van der Waals surface area contributed by atoms with E-state index < -0.39 is 35.6 Å². The molecule has 3 aliphatic carbocycles. The molecular formula is C30H51N5O5S. The molecule has 1 heterocycles. The van der Waals surface area contributed by atoms with Gasteiger partial charge in [-0.15, -0.1) is 0 Å². The number of likely N-dealkylation sites (tertiary alicyclic amines) is 1. The minimum absolute atomic E-state index is 0.0414. The van der Waals surface area contributed by atoms with Crippen LogP contribution in [0.2, 0.25) is 0 Å². The van der Waals surface area contributed by atoms with Gasteiger partial charge in [0.2, 0.25) is 17.7 Å². The van der Waals surface area contributed by atoms with Gasteiger partial charge in [-0.1, -0.05) is 66.7 Å². The molecule has 1 saturated heterocycles. The van der Waals surface area contributed by atoms with Gasteiger partial charge in [0.25, 0.3) is 0 Å². The zero-order valence-corrected chi connectivity index (χ0v) is 26.4. The molecule has 0 aromatic heterocycles. The summed E-state index contributed by atoms with van der Waals surface area (Å²) in [6.45, 7) is 10.4. The Labute approximate surface area is 249 Å². The number of nitrogens with one attached hydrogen (secondary N) is 3. The fraction of sp³-hybridized carbons (Fsp3) is 0.867. The normalized spacial score (nSPS) is 28.6. The number of hydrogen-bond donors (Lipinski definition) is 5. The molecular weight excluding hydrogens is 542 g/mol. The summed E-state index contributed by atoms with van der Waals surface area (Å²) in [6, 6.07) is -2.74. The second-order valence-corrected chi connectivity index (χ2v) is 15.6. The Hall–Kier alpha value is -2.01. The predicted octanol–water partition coefficient (Wildman–Crippen LogP) is 2.38. The Bertz CT molecular complexity index is 1010. The molecule has 6 N–H and O–H groups in total. The molecule has 0 aromatic carbocycles. The number of fused-ring (bicyclic) bond motifs is 1. The number of primary amides is 1. The van der Waals surface area contributed by atoms with Gasteiger partial charge in [0.15, 0.2) is 6.10 Å². The number of thioether (sulfide) groups is 1. The third-order valence-electron chi connectivity index (χ3n) is 10.0. The minimum Gasteiger partial charge on any atom is -0.381 e. The number of nitrogens with zero attached hydrogens (tertiary/aromatic N) is 1. The van der Waals surface area contributed by atoms with E-state index in [0.29, 0.717) is 18.9 Å². The first-order valence-electron chi connectivity index (χ1n) is 15.3. The Morgan fingerprint density at radius 1 is 1.07 bits per heavy atom. The van der Waals surface area contributed by atoms with Crippen molar-refractivity contribution in [1.82, 2.24) is 20.9 Å². The average Bonchev–Trinajstić information content (AvgIpc) is 3.73. The molecule has 1 aliphatic heterocycles. The number of hydrogen-bond acceptors (Lipinski definition) is 6. The maximum atomic E-state index is 14.2. The van der Waals surface area contributed by atoms with Crippen LogP contribution in [0.4, 0.5) is 4.79 Å². The summed E-state index contributed by atoms with van der Waals surface area (Å²) in [7, 11) is 0. The Kier molecular flexibility index (Phi) is 9.29. The van der Waals surface area contributed by atoms with Gasteiger partial charge in [0.1, 0.15) is 12.1 Å².